The molecule has 2 heterocycles. The highest BCUT2D eigenvalue weighted by Crippen LogP contribution is 2.26. The number of anilines is 1. The zero-order valence-corrected chi connectivity index (χ0v) is 17.9. The Kier molecular flexibility index (Phi) is 6.54. The lowest BCUT2D eigenvalue weighted by atomic mass is 9.95. The van der Waals surface area contributed by atoms with Crippen LogP contribution >= 0.6 is 0 Å². The van der Waals surface area contributed by atoms with Crippen molar-refractivity contribution in [3.63, 3.8) is 0 Å². The Bertz CT molecular complexity index is 1090. The van der Waals surface area contributed by atoms with Gasteiger partial charge in [0.25, 0.3) is 5.91 Å². The molecule has 4 rings (SSSR count). The van der Waals surface area contributed by atoms with Gasteiger partial charge in [0.15, 0.2) is 0 Å². The summed E-state index contributed by atoms with van der Waals surface area (Å²) < 4.78 is 13.0. The molecule has 6 nitrogen and oxygen atoms in total. The Balaban J connectivity index is 1.34. The van der Waals surface area contributed by atoms with Gasteiger partial charge in [-0.05, 0) is 49.6 Å². The first kappa shape index (κ1) is 21.6. The van der Waals surface area contributed by atoms with Crippen molar-refractivity contribution in [3.05, 3.63) is 89.3 Å². The Labute approximate surface area is 186 Å². The van der Waals surface area contributed by atoms with Gasteiger partial charge in [-0.15, -0.1) is 0 Å². The van der Waals surface area contributed by atoms with Gasteiger partial charge in [-0.1, -0.05) is 30.3 Å². The summed E-state index contributed by atoms with van der Waals surface area (Å²) in [6, 6.07) is 15.3. The van der Waals surface area contributed by atoms with Crippen LogP contribution in [-0.4, -0.2) is 39.8 Å². The van der Waals surface area contributed by atoms with E-state index in [1.165, 1.54) is 12.1 Å². The van der Waals surface area contributed by atoms with E-state index in [2.05, 4.69) is 15.3 Å². The number of benzene rings is 2. The molecular formula is C25H25FN4O2. The fourth-order valence-corrected chi connectivity index (χ4v) is 3.90. The van der Waals surface area contributed by atoms with Crippen LogP contribution in [0.15, 0.2) is 60.8 Å². The van der Waals surface area contributed by atoms with Crippen molar-refractivity contribution in [2.45, 2.75) is 32.1 Å². The highest BCUT2D eigenvalue weighted by molar-refractivity contribution is 6.04. The summed E-state index contributed by atoms with van der Waals surface area (Å²) in [6.45, 7) is 3.07. The number of piperidine rings is 1. The van der Waals surface area contributed by atoms with E-state index in [9.17, 15) is 14.0 Å². The molecule has 2 amide bonds. The lowest BCUT2D eigenvalue weighted by Crippen LogP contribution is -2.39. The molecule has 0 bridgehead atoms. The fourth-order valence-electron chi connectivity index (χ4n) is 3.90. The van der Waals surface area contributed by atoms with Crippen LogP contribution in [0.5, 0.6) is 0 Å². The van der Waals surface area contributed by atoms with Crippen molar-refractivity contribution in [1.82, 2.24) is 14.9 Å². The third-order valence-electron chi connectivity index (χ3n) is 5.76. The zero-order valence-electron chi connectivity index (χ0n) is 17.9. The predicted molar refractivity (Wildman–Crippen MR) is 120 cm³/mol. The van der Waals surface area contributed by atoms with Crippen molar-refractivity contribution < 1.29 is 14.0 Å². The number of nitrogens with zero attached hydrogens (tertiary/aromatic N) is 3. The molecule has 0 saturated carbocycles. The van der Waals surface area contributed by atoms with E-state index >= 15 is 0 Å². The largest absolute Gasteiger partial charge is 0.342 e. The van der Waals surface area contributed by atoms with E-state index in [-0.39, 0.29) is 30.0 Å². The van der Waals surface area contributed by atoms with Gasteiger partial charge < -0.3 is 10.2 Å². The van der Waals surface area contributed by atoms with E-state index in [4.69, 9.17) is 0 Å². The lowest BCUT2D eigenvalue weighted by Gasteiger charge is -2.31. The van der Waals surface area contributed by atoms with Crippen molar-refractivity contribution in [2.75, 3.05) is 18.4 Å². The van der Waals surface area contributed by atoms with Gasteiger partial charge in [-0.25, -0.2) is 14.4 Å². The maximum Gasteiger partial charge on any atom is 0.259 e. The molecule has 1 fully saturated rings. The summed E-state index contributed by atoms with van der Waals surface area (Å²) in [5.41, 5.74) is 2.61. The fraction of sp³-hybridized carbons (Fsp3) is 0.280. The minimum absolute atomic E-state index is 0.0417. The number of halogens is 1. The number of para-hydroxylation sites is 1. The molecule has 0 spiro atoms. The van der Waals surface area contributed by atoms with Crippen molar-refractivity contribution in [1.29, 1.82) is 0 Å². The highest BCUT2D eigenvalue weighted by Gasteiger charge is 2.26. The van der Waals surface area contributed by atoms with Crippen LogP contribution in [0, 0.1) is 12.7 Å². The summed E-state index contributed by atoms with van der Waals surface area (Å²) in [6.07, 6.45) is 3.39. The standard InChI is InChI=1S/C25H25FN4O2/c1-17-22(25(32)29-21-5-3-2-4-6-21)16-27-24(28-17)19-11-13-30(14-12-19)23(31)15-18-7-9-20(26)10-8-18/h2-10,16,19H,11-15H2,1H3,(H,29,32). The predicted octanol–water partition coefficient (Wildman–Crippen LogP) is 4.13. The molecular weight excluding hydrogens is 407 g/mol. The zero-order chi connectivity index (χ0) is 22.5. The van der Waals surface area contributed by atoms with Gasteiger partial charge in [-0.3, -0.25) is 9.59 Å². The minimum atomic E-state index is -0.305. The molecule has 0 aliphatic carbocycles. The topological polar surface area (TPSA) is 75.2 Å². The van der Waals surface area contributed by atoms with E-state index in [1.807, 2.05) is 42.2 Å². The number of likely N-dealkylation sites (tertiary alicyclic amines) is 1. The van der Waals surface area contributed by atoms with Crippen LogP contribution < -0.4 is 5.32 Å². The van der Waals surface area contributed by atoms with E-state index in [0.717, 1.165) is 24.1 Å². The number of carbonyl (C=O) groups is 2. The van der Waals surface area contributed by atoms with E-state index < -0.39 is 0 Å². The highest BCUT2D eigenvalue weighted by atomic mass is 19.1. The Morgan fingerprint density at radius 2 is 1.75 bits per heavy atom. The molecule has 0 unspecified atom stereocenters. The first-order valence-electron chi connectivity index (χ1n) is 10.7. The first-order chi connectivity index (χ1) is 15.5. The van der Waals surface area contributed by atoms with E-state index in [0.29, 0.717) is 30.2 Å². The summed E-state index contributed by atoms with van der Waals surface area (Å²) in [7, 11) is 0. The van der Waals surface area contributed by atoms with Crippen LogP contribution in [0.1, 0.15) is 46.2 Å². The normalized spacial score (nSPS) is 14.2. The van der Waals surface area contributed by atoms with Crippen LogP contribution in [0.3, 0.4) is 0 Å². The van der Waals surface area contributed by atoms with Gasteiger partial charge >= 0.3 is 0 Å². The number of hydrogen-bond acceptors (Lipinski definition) is 4. The molecule has 164 valence electrons. The molecule has 1 aromatic heterocycles. The molecule has 2 aromatic carbocycles. The average Bonchev–Trinajstić information content (AvgIpc) is 2.81. The molecule has 0 radical (unpaired) electrons. The molecule has 1 N–H and O–H groups in total. The number of nitrogens with one attached hydrogen (secondary N) is 1. The quantitative estimate of drug-likeness (QED) is 0.658. The number of aryl methyl sites for hydroxylation is 1. The molecule has 32 heavy (non-hydrogen) atoms. The van der Waals surface area contributed by atoms with Gasteiger partial charge in [0.1, 0.15) is 11.6 Å². The molecule has 1 aliphatic rings. The number of rotatable bonds is 5. The maximum absolute atomic E-state index is 13.0. The third kappa shape index (κ3) is 5.17. The van der Waals surface area contributed by atoms with Gasteiger partial charge in [-0.2, -0.15) is 0 Å². The SMILES string of the molecule is Cc1nc(C2CCN(C(=O)Cc3ccc(F)cc3)CC2)ncc1C(=O)Nc1ccccc1. The van der Waals surface area contributed by atoms with Crippen LogP contribution in [0.25, 0.3) is 0 Å². The molecule has 7 heteroatoms. The van der Waals surface area contributed by atoms with Crippen LogP contribution in [0.4, 0.5) is 10.1 Å². The third-order valence-corrected chi connectivity index (χ3v) is 5.76. The summed E-state index contributed by atoms with van der Waals surface area (Å²) >= 11 is 0. The summed E-state index contributed by atoms with van der Waals surface area (Å²) in [4.78, 5) is 36.0. The first-order valence-corrected chi connectivity index (χ1v) is 10.7. The number of hydrogen-bond donors (Lipinski definition) is 1. The molecule has 0 atom stereocenters. The van der Waals surface area contributed by atoms with E-state index in [1.54, 1.807) is 18.3 Å². The van der Waals surface area contributed by atoms with Crippen LogP contribution in [0.2, 0.25) is 0 Å². The van der Waals surface area contributed by atoms with Crippen molar-refractivity contribution >= 4 is 17.5 Å². The van der Waals surface area contributed by atoms with Crippen molar-refractivity contribution in [3.8, 4) is 0 Å². The molecule has 1 saturated heterocycles. The van der Waals surface area contributed by atoms with Gasteiger partial charge in [0.05, 0.1) is 17.7 Å². The molecule has 3 aromatic rings. The van der Waals surface area contributed by atoms with Gasteiger partial charge in [0, 0.05) is 30.9 Å². The summed E-state index contributed by atoms with van der Waals surface area (Å²) in [5, 5.41) is 2.86. The minimum Gasteiger partial charge on any atom is -0.342 e. The second kappa shape index (κ2) is 9.68. The maximum atomic E-state index is 13.0. The lowest BCUT2D eigenvalue weighted by molar-refractivity contribution is -0.131. The second-order valence-electron chi connectivity index (χ2n) is 8.01. The number of carbonyl (C=O) groups excluding carboxylic acids is 2. The Morgan fingerprint density at radius 1 is 1.06 bits per heavy atom. The van der Waals surface area contributed by atoms with Gasteiger partial charge in [0.2, 0.25) is 5.91 Å². The molecule has 1 aliphatic heterocycles. The Morgan fingerprint density at radius 3 is 2.41 bits per heavy atom. The number of aromatic nitrogens is 2. The average molecular weight is 432 g/mol. The summed E-state index contributed by atoms with van der Waals surface area (Å²) in [5.74, 6) is 0.363. The number of amides is 2. The van der Waals surface area contributed by atoms with Crippen LogP contribution in [-0.2, 0) is 11.2 Å². The second-order valence-corrected chi connectivity index (χ2v) is 8.01. The van der Waals surface area contributed by atoms with Crippen molar-refractivity contribution in [2.24, 2.45) is 0 Å². The Hall–Kier alpha value is -3.61. The monoisotopic (exact) mass is 432 g/mol. The smallest absolute Gasteiger partial charge is 0.259 e.